The third-order valence-electron chi connectivity index (χ3n) is 3.33. The fourth-order valence-electron chi connectivity index (χ4n) is 2.27. The molecule has 1 fully saturated rings. The van der Waals surface area contributed by atoms with Crippen LogP contribution in [-0.4, -0.2) is 35.6 Å². The van der Waals surface area contributed by atoms with Crippen LogP contribution in [0.2, 0.25) is 0 Å². The highest BCUT2D eigenvalue weighted by molar-refractivity contribution is 5.81. The lowest BCUT2D eigenvalue weighted by Crippen LogP contribution is -2.35. The van der Waals surface area contributed by atoms with Crippen molar-refractivity contribution in [1.82, 2.24) is 5.01 Å². The Morgan fingerprint density at radius 3 is 2.84 bits per heavy atom. The zero-order valence-corrected chi connectivity index (χ0v) is 11.0. The van der Waals surface area contributed by atoms with Gasteiger partial charge in [0.25, 0.3) is 0 Å². The van der Waals surface area contributed by atoms with Gasteiger partial charge in [-0.3, -0.25) is 19.6 Å². The summed E-state index contributed by atoms with van der Waals surface area (Å²) in [6.07, 6.45) is 2.10. The minimum absolute atomic E-state index is 0.122. The predicted octanol–water partition coefficient (Wildman–Crippen LogP) is 1.68. The van der Waals surface area contributed by atoms with Gasteiger partial charge in [0.2, 0.25) is 5.91 Å². The highest BCUT2D eigenvalue weighted by Crippen LogP contribution is 2.22. The number of hydrazine groups is 1. The summed E-state index contributed by atoms with van der Waals surface area (Å²) in [7, 11) is 1.77. The summed E-state index contributed by atoms with van der Waals surface area (Å²) >= 11 is 0. The average Bonchev–Trinajstić information content (AvgIpc) is 2.70. The van der Waals surface area contributed by atoms with Crippen molar-refractivity contribution in [2.24, 2.45) is 0 Å². The minimum atomic E-state index is -0.763. The van der Waals surface area contributed by atoms with Crippen LogP contribution in [0.3, 0.4) is 0 Å². The van der Waals surface area contributed by atoms with E-state index in [9.17, 15) is 9.59 Å². The molecular formula is C14H18N2O3. The van der Waals surface area contributed by atoms with Crippen LogP contribution < -0.4 is 5.01 Å². The van der Waals surface area contributed by atoms with Gasteiger partial charge in [-0.2, -0.15) is 0 Å². The van der Waals surface area contributed by atoms with Crippen molar-refractivity contribution in [1.29, 1.82) is 0 Å². The second kappa shape index (κ2) is 5.73. The van der Waals surface area contributed by atoms with E-state index in [4.69, 9.17) is 5.11 Å². The van der Waals surface area contributed by atoms with Crippen LogP contribution in [0.25, 0.3) is 0 Å². The number of rotatable bonds is 5. The maximum Gasteiger partial charge on any atom is 0.303 e. The molecule has 1 saturated heterocycles. The van der Waals surface area contributed by atoms with Crippen molar-refractivity contribution in [3.05, 3.63) is 29.8 Å². The van der Waals surface area contributed by atoms with Crippen molar-refractivity contribution < 1.29 is 14.7 Å². The van der Waals surface area contributed by atoms with Crippen LogP contribution in [0.15, 0.2) is 24.3 Å². The Hall–Kier alpha value is -2.04. The summed E-state index contributed by atoms with van der Waals surface area (Å²) in [6.45, 7) is 0.702. The number of hydrogen-bond donors (Lipinski definition) is 1. The maximum atomic E-state index is 11.5. The van der Waals surface area contributed by atoms with Crippen LogP contribution in [0.1, 0.15) is 24.8 Å². The van der Waals surface area contributed by atoms with Gasteiger partial charge in [0, 0.05) is 26.4 Å². The Labute approximate surface area is 112 Å². The molecule has 5 heteroatoms. The van der Waals surface area contributed by atoms with E-state index in [1.165, 1.54) is 0 Å². The van der Waals surface area contributed by atoms with E-state index in [2.05, 4.69) is 0 Å². The third-order valence-corrected chi connectivity index (χ3v) is 3.33. The molecule has 2 rings (SSSR count). The summed E-state index contributed by atoms with van der Waals surface area (Å²) in [5, 5.41) is 12.2. The molecular weight excluding hydrogens is 244 g/mol. The number of carboxylic acids is 1. The Morgan fingerprint density at radius 2 is 2.21 bits per heavy atom. The van der Waals surface area contributed by atoms with Gasteiger partial charge in [-0.25, -0.2) is 0 Å². The lowest BCUT2D eigenvalue weighted by atomic mass is 10.1. The Bertz CT molecular complexity index is 487. The fraction of sp³-hybridized carbons (Fsp3) is 0.429. The maximum absolute atomic E-state index is 11.5. The first kappa shape index (κ1) is 13.4. The molecule has 19 heavy (non-hydrogen) atoms. The molecule has 1 heterocycles. The number of aliphatic carboxylic acids is 1. The standard InChI is InChI=1S/C14H18N2O3/c1-15-13(17)8-9-16(15)12-6-2-4-11(10-12)5-3-7-14(18)19/h2,4,6,10H,3,5,7-9H2,1H3,(H,18,19). The summed E-state index contributed by atoms with van der Waals surface area (Å²) in [6, 6.07) is 7.93. The lowest BCUT2D eigenvalue weighted by molar-refractivity contribution is -0.137. The summed E-state index contributed by atoms with van der Waals surface area (Å²) in [5.41, 5.74) is 2.09. The summed E-state index contributed by atoms with van der Waals surface area (Å²) in [5.74, 6) is -0.641. The Kier molecular flexibility index (Phi) is 4.04. The topological polar surface area (TPSA) is 60.9 Å². The third kappa shape index (κ3) is 3.24. The number of carbonyl (C=O) groups excluding carboxylic acids is 1. The largest absolute Gasteiger partial charge is 0.481 e. The van der Waals surface area contributed by atoms with E-state index in [1.54, 1.807) is 12.1 Å². The molecule has 0 bridgehead atoms. The molecule has 5 nitrogen and oxygen atoms in total. The first-order valence-corrected chi connectivity index (χ1v) is 6.42. The smallest absolute Gasteiger partial charge is 0.303 e. The molecule has 1 aromatic rings. The highest BCUT2D eigenvalue weighted by atomic mass is 16.4. The number of benzene rings is 1. The van der Waals surface area contributed by atoms with Gasteiger partial charge >= 0.3 is 5.97 Å². The van der Waals surface area contributed by atoms with Crippen molar-refractivity contribution in [2.45, 2.75) is 25.7 Å². The van der Waals surface area contributed by atoms with E-state index in [0.29, 0.717) is 19.4 Å². The molecule has 1 N–H and O–H groups in total. The lowest BCUT2D eigenvalue weighted by Gasteiger charge is -2.26. The first-order valence-electron chi connectivity index (χ1n) is 6.42. The number of aryl methyl sites for hydroxylation is 1. The Morgan fingerprint density at radius 1 is 1.42 bits per heavy atom. The van der Waals surface area contributed by atoms with E-state index >= 15 is 0 Å². The highest BCUT2D eigenvalue weighted by Gasteiger charge is 2.25. The molecule has 1 aliphatic rings. The van der Waals surface area contributed by atoms with Gasteiger partial charge < -0.3 is 5.11 Å². The van der Waals surface area contributed by atoms with Gasteiger partial charge in [0.1, 0.15) is 0 Å². The van der Waals surface area contributed by atoms with Crippen molar-refractivity contribution in [3.8, 4) is 0 Å². The number of carboxylic acid groups (broad SMARTS) is 1. The quantitative estimate of drug-likeness (QED) is 0.877. The molecule has 1 aromatic carbocycles. The molecule has 0 spiro atoms. The van der Waals surface area contributed by atoms with Crippen LogP contribution in [0.5, 0.6) is 0 Å². The summed E-state index contributed by atoms with van der Waals surface area (Å²) < 4.78 is 0. The second-order valence-corrected chi connectivity index (χ2v) is 4.71. The van der Waals surface area contributed by atoms with Crippen LogP contribution in [0.4, 0.5) is 5.69 Å². The van der Waals surface area contributed by atoms with Crippen LogP contribution >= 0.6 is 0 Å². The van der Waals surface area contributed by atoms with Crippen LogP contribution in [-0.2, 0) is 16.0 Å². The van der Waals surface area contributed by atoms with E-state index in [0.717, 1.165) is 17.7 Å². The molecule has 102 valence electrons. The van der Waals surface area contributed by atoms with E-state index < -0.39 is 5.97 Å². The molecule has 1 amide bonds. The first-order chi connectivity index (χ1) is 9.08. The van der Waals surface area contributed by atoms with Gasteiger partial charge in [-0.15, -0.1) is 0 Å². The molecule has 0 aromatic heterocycles. The Balaban J connectivity index is 2.03. The average molecular weight is 262 g/mol. The van der Waals surface area contributed by atoms with Gasteiger partial charge in [0.15, 0.2) is 0 Å². The van der Waals surface area contributed by atoms with Crippen LogP contribution in [0, 0.1) is 0 Å². The molecule has 0 unspecified atom stereocenters. The zero-order chi connectivity index (χ0) is 13.8. The van der Waals surface area contributed by atoms with Gasteiger partial charge in [0.05, 0.1) is 5.69 Å². The zero-order valence-electron chi connectivity index (χ0n) is 11.0. The van der Waals surface area contributed by atoms with Crippen molar-refractivity contribution >= 4 is 17.6 Å². The molecule has 1 aliphatic heterocycles. The molecule has 0 aliphatic carbocycles. The van der Waals surface area contributed by atoms with Gasteiger partial charge in [-0.05, 0) is 30.5 Å². The van der Waals surface area contributed by atoms with E-state index in [-0.39, 0.29) is 12.3 Å². The van der Waals surface area contributed by atoms with Crippen molar-refractivity contribution in [3.63, 3.8) is 0 Å². The number of hydrogen-bond acceptors (Lipinski definition) is 3. The van der Waals surface area contributed by atoms with Crippen molar-refractivity contribution in [2.75, 3.05) is 18.6 Å². The number of carbonyl (C=O) groups is 2. The fourth-order valence-corrected chi connectivity index (χ4v) is 2.27. The molecule has 0 saturated carbocycles. The number of anilines is 1. The second-order valence-electron chi connectivity index (χ2n) is 4.71. The normalized spacial score (nSPS) is 15.1. The minimum Gasteiger partial charge on any atom is -0.481 e. The number of nitrogens with zero attached hydrogens (tertiary/aromatic N) is 2. The molecule has 0 atom stereocenters. The monoisotopic (exact) mass is 262 g/mol. The van der Waals surface area contributed by atoms with Gasteiger partial charge in [-0.1, -0.05) is 12.1 Å². The van der Waals surface area contributed by atoms with E-state index in [1.807, 2.05) is 29.3 Å². The summed E-state index contributed by atoms with van der Waals surface area (Å²) in [4.78, 5) is 22.0. The predicted molar refractivity (Wildman–Crippen MR) is 71.7 cm³/mol. The SMILES string of the molecule is CN1C(=O)CCN1c1cccc(CCCC(=O)O)c1. The number of amides is 1. The molecule has 0 radical (unpaired) electrons.